The predicted octanol–water partition coefficient (Wildman–Crippen LogP) is 4.69. The van der Waals surface area contributed by atoms with Gasteiger partial charge < -0.3 is 4.57 Å². The van der Waals surface area contributed by atoms with Crippen LogP contribution < -0.4 is 0 Å². The first-order valence-corrected chi connectivity index (χ1v) is 6.80. The normalized spacial score (nSPS) is 12.0. The number of aromatic nitrogens is 2. The second kappa shape index (κ2) is 7.20. The van der Waals surface area contributed by atoms with Crippen molar-refractivity contribution in [2.75, 3.05) is 0 Å². The molecule has 0 amide bonds. The topological polar surface area (TPSA) is 17.8 Å². The molecule has 0 aliphatic heterocycles. The van der Waals surface area contributed by atoms with Gasteiger partial charge in [0.15, 0.2) is 0 Å². The lowest BCUT2D eigenvalue weighted by atomic mass is 10.1. The highest BCUT2D eigenvalue weighted by Crippen LogP contribution is 2.12. The van der Waals surface area contributed by atoms with Gasteiger partial charge in [0, 0.05) is 18.1 Å². The maximum absolute atomic E-state index is 4.24. The van der Waals surface area contributed by atoms with Crippen molar-refractivity contribution in [3.05, 3.63) is 35.4 Å². The third-order valence-electron chi connectivity index (χ3n) is 2.81. The Morgan fingerprint density at radius 1 is 1.33 bits per heavy atom. The van der Waals surface area contributed by atoms with Crippen LogP contribution in [0.15, 0.2) is 29.7 Å². The molecular formula is C16H26N2. The van der Waals surface area contributed by atoms with Crippen molar-refractivity contribution in [3.8, 4) is 0 Å². The van der Waals surface area contributed by atoms with Crippen molar-refractivity contribution in [2.24, 2.45) is 5.92 Å². The average Bonchev–Trinajstić information content (AvgIpc) is 2.64. The van der Waals surface area contributed by atoms with E-state index in [0.717, 1.165) is 19.3 Å². The Hall–Kier alpha value is -1.31. The van der Waals surface area contributed by atoms with E-state index in [1.54, 1.807) is 0 Å². The van der Waals surface area contributed by atoms with Crippen LogP contribution >= 0.6 is 0 Å². The molecule has 0 aromatic carbocycles. The SMILES string of the molecule is CC(C)=CCC/C(C)=C/n1cncc1CC(C)C. The van der Waals surface area contributed by atoms with E-state index in [-0.39, 0.29) is 0 Å². The highest BCUT2D eigenvalue weighted by Gasteiger charge is 2.03. The predicted molar refractivity (Wildman–Crippen MR) is 79.4 cm³/mol. The van der Waals surface area contributed by atoms with Crippen molar-refractivity contribution >= 4 is 6.20 Å². The second-order valence-corrected chi connectivity index (χ2v) is 5.69. The standard InChI is InChI=1S/C16H26N2/c1-13(2)7-6-8-15(5)11-18-12-17-10-16(18)9-14(3)4/h7,10-12,14H,6,8-9H2,1-5H3/b15-11+. The first-order valence-electron chi connectivity index (χ1n) is 6.80. The molecule has 0 bridgehead atoms. The molecule has 0 aliphatic carbocycles. The third kappa shape index (κ3) is 5.35. The van der Waals surface area contributed by atoms with Gasteiger partial charge in [-0.1, -0.05) is 31.1 Å². The van der Waals surface area contributed by atoms with Crippen LogP contribution in [0.1, 0.15) is 53.2 Å². The van der Waals surface area contributed by atoms with E-state index in [1.807, 2.05) is 12.5 Å². The summed E-state index contributed by atoms with van der Waals surface area (Å²) >= 11 is 0. The molecule has 1 aromatic heterocycles. The van der Waals surface area contributed by atoms with Gasteiger partial charge in [-0.25, -0.2) is 4.98 Å². The van der Waals surface area contributed by atoms with Gasteiger partial charge in [0.25, 0.3) is 0 Å². The van der Waals surface area contributed by atoms with Gasteiger partial charge >= 0.3 is 0 Å². The van der Waals surface area contributed by atoms with Crippen LogP contribution in [0.3, 0.4) is 0 Å². The highest BCUT2D eigenvalue weighted by molar-refractivity contribution is 5.32. The number of allylic oxidation sites excluding steroid dienone is 3. The van der Waals surface area contributed by atoms with E-state index in [1.165, 1.54) is 16.8 Å². The summed E-state index contributed by atoms with van der Waals surface area (Å²) in [4.78, 5) is 4.24. The number of rotatable bonds is 6. The Labute approximate surface area is 111 Å². The molecule has 1 rings (SSSR count). The van der Waals surface area contributed by atoms with Gasteiger partial charge in [0.1, 0.15) is 0 Å². The first kappa shape index (κ1) is 14.7. The molecule has 2 nitrogen and oxygen atoms in total. The maximum Gasteiger partial charge on any atom is 0.0989 e. The smallest absolute Gasteiger partial charge is 0.0989 e. The third-order valence-corrected chi connectivity index (χ3v) is 2.81. The van der Waals surface area contributed by atoms with Gasteiger partial charge in [-0.15, -0.1) is 0 Å². The zero-order chi connectivity index (χ0) is 13.5. The summed E-state index contributed by atoms with van der Waals surface area (Å²) in [5, 5.41) is 0. The van der Waals surface area contributed by atoms with Crippen LogP contribution in [-0.2, 0) is 6.42 Å². The van der Waals surface area contributed by atoms with Crippen LogP contribution in [0, 0.1) is 5.92 Å². The zero-order valence-electron chi connectivity index (χ0n) is 12.4. The fraction of sp³-hybridized carbons (Fsp3) is 0.562. The lowest BCUT2D eigenvalue weighted by Gasteiger charge is -2.07. The lowest BCUT2D eigenvalue weighted by molar-refractivity contribution is 0.630. The summed E-state index contributed by atoms with van der Waals surface area (Å²) in [6.45, 7) is 11.0. The monoisotopic (exact) mass is 246 g/mol. The lowest BCUT2D eigenvalue weighted by Crippen LogP contribution is -2.00. The van der Waals surface area contributed by atoms with Crippen molar-refractivity contribution in [1.29, 1.82) is 0 Å². The molecule has 0 saturated heterocycles. The van der Waals surface area contributed by atoms with Crippen molar-refractivity contribution in [1.82, 2.24) is 9.55 Å². The molecule has 0 N–H and O–H groups in total. The van der Waals surface area contributed by atoms with Crippen LogP contribution in [-0.4, -0.2) is 9.55 Å². The van der Waals surface area contributed by atoms with Crippen molar-refractivity contribution in [3.63, 3.8) is 0 Å². The van der Waals surface area contributed by atoms with Gasteiger partial charge in [-0.2, -0.15) is 0 Å². The molecule has 0 unspecified atom stereocenters. The largest absolute Gasteiger partial charge is 0.310 e. The van der Waals surface area contributed by atoms with Crippen LogP contribution in [0.2, 0.25) is 0 Å². The van der Waals surface area contributed by atoms with E-state index in [4.69, 9.17) is 0 Å². The first-order chi connectivity index (χ1) is 8.49. The quantitative estimate of drug-likeness (QED) is 0.666. The molecule has 0 aliphatic rings. The van der Waals surface area contributed by atoms with Gasteiger partial charge in [-0.05, 0) is 46.0 Å². The fourth-order valence-electron chi connectivity index (χ4n) is 1.92. The van der Waals surface area contributed by atoms with E-state index in [0.29, 0.717) is 5.92 Å². The molecule has 0 fully saturated rings. The molecule has 0 saturated carbocycles. The second-order valence-electron chi connectivity index (χ2n) is 5.69. The molecule has 18 heavy (non-hydrogen) atoms. The Bertz CT molecular complexity index is 418. The van der Waals surface area contributed by atoms with Crippen LogP contribution in [0.4, 0.5) is 0 Å². The minimum atomic E-state index is 0.667. The molecular weight excluding hydrogens is 220 g/mol. The number of imidazole rings is 1. The van der Waals surface area contributed by atoms with Crippen LogP contribution in [0.5, 0.6) is 0 Å². The fourth-order valence-corrected chi connectivity index (χ4v) is 1.92. The molecule has 0 radical (unpaired) electrons. The Morgan fingerprint density at radius 2 is 2.06 bits per heavy atom. The van der Waals surface area contributed by atoms with E-state index >= 15 is 0 Å². The van der Waals surface area contributed by atoms with Crippen molar-refractivity contribution in [2.45, 2.75) is 53.9 Å². The Balaban J connectivity index is 2.64. The number of hydrogen-bond donors (Lipinski definition) is 0. The summed E-state index contributed by atoms with van der Waals surface area (Å²) in [6, 6.07) is 0. The molecule has 1 heterocycles. The van der Waals surface area contributed by atoms with Crippen molar-refractivity contribution < 1.29 is 0 Å². The molecule has 0 atom stereocenters. The molecule has 0 spiro atoms. The van der Waals surface area contributed by atoms with Gasteiger partial charge in [0.2, 0.25) is 0 Å². The Morgan fingerprint density at radius 3 is 2.67 bits per heavy atom. The zero-order valence-corrected chi connectivity index (χ0v) is 12.4. The Kier molecular flexibility index (Phi) is 5.90. The minimum Gasteiger partial charge on any atom is -0.310 e. The molecule has 2 heteroatoms. The molecule has 100 valence electrons. The molecule has 1 aromatic rings. The summed E-state index contributed by atoms with van der Waals surface area (Å²) in [5.41, 5.74) is 4.09. The van der Waals surface area contributed by atoms with Gasteiger partial charge in [0.05, 0.1) is 6.33 Å². The maximum atomic E-state index is 4.24. The summed E-state index contributed by atoms with van der Waals surface area (Å²) in [7, 11) is 0. The number of hydrogen-bond acceptors (Lipinski definition) is 1. The van der Waals surface area contributed by atoms with E-state index in [2.05, 4.69) is 56.4 Å². The summed E-state index contributed by atoms with van der Waals surface area (Å²) in [6.07, 6.45) is 11.7. The average molecular weight is 246 g/mol. The summed E-state index contributed by atoms with van der Waals surface area (Å²) in [5.74, 6) is 0.667. The summed E-state index contributed by atoms with van der Waals surface area (Å²) < 4.78 is 2.16. The van der Waals surface area contributed by atoms with E-state index in [9.17, 15) is 0 Å². The highest BCUT2D eigenvalue weighted by atomic mass is 15.0. The van der Waals surface area contributed by atoms with Crippen LogP contribution in [0.25, 0.3) is 6.20 Å². The number of nitrogens with zero attached hydrogens (tertiary/aromatic N) is 2. The minimum absolute atomic E-state index is 0.667. The van der Waals surface area contributed by atoms with Gasteiger partial charge in [-0.3, -0.25) is 0 Å². The van der Waals surface area contributed by atoms with E-state index < -0.39 is 0 Å².